The third-order valence-electron chi connectivity index (χ3n) is 2.61. The van der Waals surface area contributed by atoms with E-state index in [0.717, 1.165) is 25.3 Å². The van der Waals surface area contributed by atoms with Crippen molar-refractivity contribution < 1.29 is 4.79 Å². The van der Waals surface area contributed by atoms with Gasteiger partial charge in [-0.05, 0) is 33.0 Å². The van der Waals surface area contributed by atoms with Crippen LogP contribution >= 0.6 is 0 Å². The number of carbonyl (C=O) groups excluding carboxylic acids is 1. The second-order valence-corrected chi connectivity index (χ2v) is 5.38. The summed E-state index contributed by atoms with van der Waals surface area (Å²) in [6.45, 7) is 8.49. The Morgan fingerprint density at radius 1 is 1.39 bits per heavy atom. The molecule has 5 heteroatoms. The minimum Gasteiger partial charge on any atom is -0.336 e. The van der Waals surface area contributed by atoms with Gasteiger partial charge in [0.15, 0.2) is 0 Å². The number of hydrogen-bond donors (Lipinski definition) is 1. The molecule has 0 aromatic carbocycles. The van der Waals surface area contributed by atoms with Gasteiger partial charge in [-0.25, -0.2) is 0 Å². The highest BCUT2D eigenvalue weighted by Gasteiger charge is 2.19. The summed E-state index contributed by atoms with van der Waals surface area (Å²) in [4.78, 5) is 16.3. The Bertz CT molecular complexity index is 384. The summed E-state index contributed by atoms with van der Waals surface area (Å²) in [6, 6.07) is 1.80. The Morgan fingerprint density at radius 3 is 2.50 bits per heavy atom. The summed E-state index contributed by atoms with van der Waals surface area (Å²) in [5, 5.41) is 6.86. The quantitative estimate of drug-likeness (QED) is 0.832. The van der Waals surface area contributed by atoms with Crippen LogP contribution in [0.4, 0.5) is 0 Å². The zero-order valence-corrected chi connectivity index (χ0v) is 12.0. The number of hydrogen-bond acceptors (Lipinski definition) is 3. The molecule has 0 fully saturated rings. The number of likely N-dealkylation sites (N-methyl/N-ethyl adjacent to an activating group) is 1. The van der Waals surface area contributed by atoms with E-state index in [4.69, 9.17) is 0 Å². The van der Waals surface area contributed by atoms with Gasteiger partial charge in [0.1, 0.15) is 5.69 Å². The molecule has 1 aromatic heterocycles. The maximum Gasteiger partial charge on any atom is 0.274 e. The maximum atomic E-state index is 12.3. The predicted molar refractivity (Wildman–Crippen MR) is 72.6 cm³/mol. The predicted octanol–water partition coefficient (Wildman–Crippen LogP) is 1.38. The molecule has 5 nitrogen and oxygen atoms in total. The number of nitrogens with one attached hydrogen (secondary N) is 1. The van der Waals surface area contributed by atoms with Gasteiger partial charge in [-0.3, -0.25) is 9.89 Å². The van der Waals surface area contributed by atoms with Gasteiger partial charge in [-0.2, -0.15) is 5.10 Å². The molecule has 0 radical (unpaired) electrons. The molecule has 18 heavy (non-hydrogen) atoms. The lowest BCUT2D eigenvalue weighted by Gasteiger charge is -2.25. The summed E-state index contributed by atoms with van der Waals surface area (Å²) in [6.07, 6.45) is 0. The van der Waals surface area contributed by atoms with E-state index in [0.29, 0.717) is 11.6 Å². The molecule has 0 saturated heterocycles. The highest BCUT2D eigenvalue weighted by atomic mass is 16.2. The van der Waals surface area contributed by atoms with E-state index >= 15 is 0 Å². The molecule has 0 aliphatic heterocycles. The Morgan fingerprint density at radius 2 is 2.06 bits per heavy atom. The normalized spacial score (nSPS) is 11.3. The summed E-state index contributed by atoms with van der Waals surface area (Å²) in [7, 11) is 4.02. The molecule has 0 aliphatic rings. The topological polar surface area (TPSA) is 52.2 Å². The smallest absolute Gasteiger partial charge is 0.274 e. The fourth-order valence-corrected chi connectivity index (χ4v) is 1.73. The molecule has 102 valence electrons. The summed E-state index contributed by atoms with van der Waals surface area (Å²) >= 11 is 0. The number of aryl methyl sites for hydroxylation is 1. The zero-order chi connectivity index (χ0) is 13.7. The molecular formula is C13H24N4O. The highest BCUT2D eigenvalue weighted by molar-refractivity contribution is 5.92. The molecule has 1 heterocycles. The molecule has 0 bridgehead atoms. The standard InChI is InChI=1S/C13H24N4O/c1-10(2)9-17(7-6-16(4)5)13(18)12-8-11(3)14-15-12/h8,10H,6-7,9H2,1-5H3,(H,14,15). The number of aromatic amines is 1. The van der Waals surface area contributed by atoms with Crippen molar-refractivity contribution in [1.82, 2.24) is 20.0 Å². The van der Waals surface area contributed by atoms with Crippen LogP contribution in [0.1, 0.15) is 30.0 Å². The van der Waals surface area contributed by atoms with Crippen LogP contribution in [-0.2, 0) is 0 Å². The number of carbonyl (C=O) groups is 1. The Balaban J connectivity index is 2.72. The first kappa shape index (κ1) is 14.7. The van der Waals surface area contributed by atoms with Crippen LogP contribution in [0.5, 0.6) is 0 Å². The largest absolute Gasteiger partial charge is 0.336 e. The van der Waals surface area contributed by atoms with Crippen molar-refractivity contribution in [3.8, 4) is 0 Å². The average Bonchev–Trinajstić information content (AvgIpc) is 2.69. The monoisotopic (exact) mass is 252 g/mol. The maximum absolute atomic E-state index is 12.3. The van der Waals surface area contributed by atoms with Crippen LogP contribution in [0.25, 0.3) is 0 Å². The van der Waals surface area contributed by atoms with Crippen molar-refractivity contribution >= 4 is 5.91 Å². The number of nitrogens with zero attached hydrogens (tertiary/aromatic N) is 3. The number of aromatic nitrogens is 2. The molecule has 0 saturated carbocycles. The molecule has 0 spiro atoms. The molecule has 1 N–H and O–H groups in total. The van der Waals surface area contributed by atoms with Gasteiger partial charge in [-0.15, -0.1) is 0 Å². The Labute approximate surface area is 109 Å². The van der Waals surface area contributed by atoms with E-state index in [1.54, 1.807) is 6.07 Å². The fourth-order valence-electron chi connectivity index (χ4n) is 1.73. The first-order valence-corrected chi connectivity index (χ1v) is 6.36. The van der Waals surface area contributed by atoms with Crippen molar-refractivity contribution in [2.45, 2.75) is 20.8 Å². The zero-order valence-electron chi connectivity index (χ0n) is 12.0. The van der Waals surface area contributed by atoms with Gasteiger partial charge in [-0.1, -0.05) is 13.8 Å². The van der Waals surface area contributed by atoms with Gasteiger partial charge in [0.05, 0.1) is 0 Å². The van der Waals surface area contributed by atoms with E-state index in [1.165, 1.54) is 0 Å². The van der Waals surface area contributed by atoms with E-state index in [9.17, 15) is 4.79 Å². The van der Waals surface area contributed by atoms with Crippen molar-refractivity contribution in [2.24, 2.45) is 5.92 Å². The van der Waals surface area contributed by atoms with E-state index < -0.39 is 0 Å². The van der Waals surface area contributed by atoms with Crippen molar-refractivity contribution in [2.75, 3.05) is 33.7 Å². The lowest BCUT2D eigenvalue weighted by molar-refractivity contribution is 0.0718. The van der Waals surface area contributed by atoms with E-state index in [2.05, 4.69) is 28.9 Å². The molecular weight excluding hydrogens is 228 g/mol. The minimum atomic E-state index is 0.00917. The van der Waals surface area contributed by atoms with Crippen LogP contribution in [0.2, 0.25) is 0 Å². The molecule has 0 atom stereocenters. The van der Waals surface area contributed by atoms with Crippen molar-refractivity contribution in [1.29, 1.82) is 0 Å². The SMILES string of the molecule is Cc1cc(C(=O)N(CCN(C)C)CC(C)C)n[nH]1. The third-order valence-corrected chi connectivity index (χ3v) is 2.61. The van der Waals surface area contributed by atoms with E-state index in [1.807, 2.05) is 25.9 Å². The lowest BCUT2D eigenvalue weighted by atomic mass is 10.2. The summed E-state index contributed by atoms with van der Waals surface area (Å²) in [5.74, 6) is 0.464. The van der Waals surface area contributed by atoms with Crippen LogP contribution in [0, 0.1) is 12.8 Å². The number of rotatable bonds is 6. The molecule has 1 amide bonds. The van der Waals surface area contributed by atoms with E-state index in [-0.39, 0.29) is 5.91 Å². The average molecular weight is 252 g/mol. The summed E-state index contributed by atoms with van der Waals surface area (Å²) in [5.41, 5.74) is 1.42. The molecule has 1 aromatic rings. The van der Waals surface area contributed by atoms with Gasteiger partial charge >= 0.3 is 0 Å². The lowest BCUT2D eigenvalue weighted by Crippen LogP contribution is -2.39. The second kappa shape index (κ2) is 6.54. The first-order chi connectivity index (χ1) is 8.40. The fraction of sp³-hybridized carbons (Fsp3) is 0.692. The Hall–Kier alpha value is -1.36. The van der Waals surface area contributed by atoms with Crippen LogP contribution in [-0.4, -0.2) is 59.6 Å². The Kier molecular flexibility index (Phi) is 5.34. The first-order valence-electron chi connectivity index (χ1n) is 6.36. The summed E-state index contributed by atoms with van der Waals surface area (Å²) < 4.78 is 0. The highest BCUT2D eigenvalue weighted by Crippen LogP contribution is 2.06. The van der Waals surface area contributed by atoms with Crippen LogP contribution < -0.4 is 0 Å². The minimum absolute atomic E-state index is 0.00917. The number of H-pyrrole nitrogens is 1. The second-order valence-electron chi connectivity index (χ2n) is 5.38. The van der Waals surface area contributed by atoms with Crippen LogP contribution in [0.3, 0.4) is 0 Å². The van der Waals surface area contributed by atoms with Gasteiger partial charge < -0.3 is 9.80 Å². The third kappa shape index (κ3) is 4.49. The van der Waals surface area contributed by atoms with Crippen molar-refractivity contribution in [3.05, 3.63) is 17.5 Å². The van der Waals surface area contributed by atoms with Crippen LogP contribution in [0.15, 0.2) is 6.07 Å². The number of amides is 1. The van der Waals surface area contributed by atoms with Gasteiger partial charge in [0, 0.05) is 25.3 Å². The van der Waals surface area contributed by atoms with Gasteiger partial charge in [0.2, 0.25) is 0 Å². The molecule has 0 unspecified atom stereocenters. The molecule has 1 rings (SSSR count). The molecule has 0 aliphatic carbocycles. The van der Waals surface area contributed by atoms with Gasteiger partial charge in [0.25, 0.3) is 5.91 Å². The van der Waals surface area contributed by atoms with Crippen molar-refractivity contribution in [3.63, 3.8) is 0 Å².